The van der Waals surface area contributed by atoms with Crippen molar-refractivity contribution in [2.24, 2.45) is 5.92 Å². The Bertz CT molecular complexity index is 199. The van der Waals surface area contributed by atoms with Crippen LogP contribution >= 0.6 is 23.2 Å². The largest absolute Gasteiger partial charge is 0.462 e. The zero-order valence-electron chi connectivity index (χ0n) is 5.85. The molecule has 2 fully saturated rings. The molecular formula is C7H8Cl2O2. The van der Waals surface area contributed by atoms with Crippen molar-refractivity contribution in [2.45, 2.75) is 29.7 Å². The average Bonchev–Trinajstić information content (AvgIpc) is 2.71. The average molecular weight is 195 g/mol. The summed E-state index contributed by atoms with van der Waals surface area (Å²) in [4.78, 5) is 11.1. The Balaban J connectivity index is 1.82. The zero-order chi connectivity index (χ0) is 8.06. The minimum atomic E-state index is -0.827. The van der Waals surface area contributed by atoms with Gasteiger partial charge in [-0.2, -0.15) is 0 Å². The predicted molar refractivity (Wildman–Crippen MR) is 41.7 cm³/mol. The standard InChI is InChI=1S/C7H8Cl2O2/c8-7(9)3-5(7)6(10)11-4-1-2-4/h4-5H,1-3H2. The summed E-state index contributed by atoms with van der Waals surface area (Å²) in [6, 6.07) is 0. The van der Waals surface area contributed by atoms with Crippen molar-refractivity contribution in [3.8, 4) is 0 Å². The Kier molecular flexibility index (Phi) is 1.58. The number of ether oxygens (including phenoxy) is 1. The van der Waals surface area contributed by atoms with E-state index in [2.05, 4.69) is 0 Å². The van der Waals surface area contributed by atoms with E-state index in [4.69, 9.17) is 27.9 Å². The predicted octanol–water partition coefficient (Wildman–Crippen LogP) is 1.89. The summed E-state index contributed by atoms with van der Waals surface area (Å²) in [6.45, 7) is 0. The van der Waals surface area contributed by atoms with E-state index in [1.165, 1.54) is 0 Å². The first-order valence-electron chi connectivity index (χ1n) is 3.68. The van der Waals surface area contributed by atoms with E-state index in [9.17, 15) is 4.79 Å². The molecule has 0 heterocycles. The SMILES string of the molecule is O=C(OC1CC1)C1CC1(Cl)Cl. The molecule has 2 nitrogen and oxygen atoms in total. The minimum absolute atomic E-state index is 0.159. The summed E-state index contributed by atoms with van der Waals surface area (Å²) < 4.78 is 4.19. The maximum absolute atomic E-state index is 11.1. The molecule has 0 aromatic rings. The Morgan fingerprint density at radius 2 is 2.00 bits per heavy atom. The highest BCUT2D eigenvalue weighted by molar-refractivity contribution is 6.52. The lowest BCUT2D eigenvalue weighted by atomic mass is 10.4. The number of carbonyl (C=O) groups is 1. The number of rotatable bonds is 2. The fourth-order valence-electron chi connectivity index (χ4n) is 0.901. The van der Waals surface area contributed by atoms with Gasteiger partial charge >= 0.3 is 5.97 Å². The van der Waals surface area contributed by atoms with Crippen LogP contribution in [0.25, 0.3) is 0 Å². The summed E-state index contributed by atoms with van der Waals surface area (Å²) in [6.07, 6.45) is 2.69. The van der Waals surface area contributed by atoms with Gasteiger partial charge in [0.1, 0.15) is 10.4 Å². The van der Waals surface area contributed by atoms with E-state index < -0.39 is 4.33 Å². The lowest BCUT2D eigenvalue weighted by molar-refractivity contribution is -0.146. The molecule has 62 valence electrons. The van der Waals surface area contributed by atoms with E-state index in [-0.39, 0.29) is 18.0 Å². The number of halogens is 2. The van der Waals surface area contributed by atoms with Crippen molar-refractivity contribution >= 4 is 29.2 Å². The van der Waals surface area contributed by atoms with Gasteiger partial charge in [0.15, 0.2) is 0 Å². The van der Waals surface area contributed by atoms with Gasteiger partial charge in [-0.25, -0.2) is 0 Å². The highest BCUT2D eigenvalue weighted by Crippen LogP contribution is 2.54. The van der Waals surface area contributed by atoms with Crippen LogP contribution in [0, 0.1) is 5.92 Å². The van der Waals surface area contributed by atoms with E-state index in [0.29, 0.717) is 6.42 Å². The minimum Gasteiger partial charge on any atom is -0.462 e. The van der Waals surface area contributed by atoms with Crippen LogP contribution in [0.5, 0.6) is 0 Å². The molecule has 0 bridgehead atoms. The highest BCUT2D eigenvalue weighted by atomic mass is 35.5. The van der Waals surface area contributed by atoms with Crippen LogP contribution in [0.15, 0.2) is 0 Å². The molecule has 4 heteroatoms. The number of carbonyl (C=O) groups excluding carboxylic acids is 1. The smallest absolute Gasteiger partial charge is 0.312 e. The summed E-state index contributed by atoms with van der Waals surface area (Å²) >= 11 is 11.3. The molecule has 0 saturated heterocycles. The molecule has 0 amide bonds. The van der Waals surface area contributed by atoms with Crippen molar-refractivity contribution < 1.29 is 9.53 Å². The van der Waals surface area contributed by atoms with Crippen LogP contribution < -0.4 is 0 Å². The van der Waals surface area contributed by atoms with Gasteiger partial charge in [0.25, 0.3) is 0 Å². The summed E-state index contributed by atoms with van der Waals surface area (Å²) in [5.74, 6) is -0.496. The normalized spacial score (nSPS) is 33.1. The molecule has 0 aromatic carbocycles. The number of hydrogen-bond donors (Lipinski definition) is 0. The Labute approximate surface area is 74.8 Å². The van der Waals surface area contributed by atoms with Gasteiger partial charge in [0.05, 0.1) is 5.92 Å². The summed E-state index contributed by atoms with van der Waals surface area (Å²) in [5, 5.41) is 0. The van der Waals surface area contributed by atoms with Gasteiger partial charge < -0.3 is 4.74 Å². The van der Waals surface area contributed by atoms with Gasteiger partial charge in [-0.3, -0.25) is 4.79 Å². The van der Waals surface area contributed by atoms with Crippen LogP contribution in [-0.2, 0) is 9.53 Å². The maximum Gasteiger partial charge on any atom is 0.312 e. The van der Waals surface area contributed by atoms with Gasteiger partial charge in [0.2, 0.25) is 0 Å². The second-order valence-corrected chi connectivity index (χ2v) is 4.70. The Morgan fingerprint density at radius 3 is 2.36 bits per heavy atom. The van der Waals surface area contributed by atoms with Crippen LogP contribution in [0.3, 0.4) is 0 Å². The van der Waals surface area contributed by atoms with Crippen LogP contribution in [0.2, 0.25) is 0 Å². The molecule has 2 saturated carbocycles. The molecule has 1 atom stereocenters. The van der Waals surface area contributed by atoms with Gasteiger partial charge in [-0.1, -0.05) is 0 Å². The monoisotopic (exact) mass is 194 g/mol. The van der Waals surface area contributed by atoms with E-state index >= 15 is 0 Å². The first kappa shape index (κ1) is 7.69. The van der Waals surface area contributed by atoms with E-state index in [1.54, 1.807) is 0 Å². The molecular weight excluding hydrogens is 187 g/mol. The lowest BCUT2D eigenvalue weighted by Gasteiger charge is -2.00. The first-order valence-corrected chi connectivity index (χ1v) is 4.43. The molecule has 0 spiro atoms. The van der Waals surface area contributed by atoms with Crippen molar-refractivity contribution in [2.75, 3.05) is 0 Å². The van der Waals surface area contributed by atoms with Gasteiger partial charge in [0, 0.05) is 0 Å². The molecule has 0 radical (unpaired) electrons. The second-order valence-electron chi connectivity index (χ2n) is 3.15. The topological polar surface area (TPSA) is 26.3 Å². The van der Waals surface area contributed by atoms with Crippen LogP contribution in [-0.4, -0.2) is 16.4 Å². The second kappa shape index (κ2) is 2.27. The molecule has 0 aromatic heterocycles. The quantitative estimate of drug-likeness (QED) is 0.496. The highest BCUT2D eigenvalue weighted by Gasteiger charge is 2.58. The zero-order valence-corrected chi connectivity index (χ0v) is 7.36. The van der Waals surface area contributed by atoms with E-state index in [0.717, 1.165) is 12.8 Å². The third-order valence-corrected chi connectivity index (χ3v) is 2.75. The maximum atomic E-state index is 11.1. The van der Waals surface area contributed by atoms with Crippen molar-refractivity contribution in [1.82, 2.24) is 0 Å². The van der Waals surface area contributed by atoms with Gasteiger partial charge in [-0.15, -0.1) is 23.2 Å². The molecule has 0 N–H and O–H groups in total. The third kappa shape index (κ3) is 1.62. The molecule has 2 rings (SSSR count). The third-order valence-electron chi connectivity index (χ3n) is 1.92. The van der Waals surface area contributed by atoms with Crippen molar-refractivity contribution in [3.05, 3.63) is 0 Å². The molecule has 2 aliphatic rings. The van der Waals surface area contributed by atoms with Crippen LogP contribution in [0.4, 0.5) is 0 Å². The van der Waals surface area contributed by atoms with Crippen molar-refractivity contribution in [1.29, 1.82) is 0 Å². The first-order chi connectivity index (χ1) is 5.09. The summed E-state index contributed by atoms with van der Waals surface area (Å²) in [5.41, 5.74) is 0. The molecule has 11 heavy (non-hydrogen) atoms. The Hall–Kier alpha value is 0.0500. The Morgan fingerprint density at radius 1 is 1.45 bits per heavy atom. The fourth-order valence-corrected chi connectivity index (χ4v) is 1.39. The van der Waals surface area contributed by atoms with E-state index in [1.807, 2.05) is 0 Å². The lowest BCUT2D eigenvalue weighted by Crippen LogP contribution is -2.11. The fraction of sp³-hybridized carbons (Fsp3) is 0.857. The molecule has 2 aliphatic carbocycles. The molecule has 1 unspecified atom stereocenters. The van der Waals surface area contributed by atoms with Gasteiger partial charge in [-0.05, 0) is 19.3 Å². The molecule has 0 aliphatic heterocycles. The van der Waals surface area contributed by atoms with Crippen molar-refractivity contribution in [3.63, 3.8) is 0 Å². The van der Waals surface area contributed by atoms with Crippen LogP contribution in [0.1, 0.15) is 19.3 Å². The number of hydrogen-bond acceptors (Lipinski definition) is 2. The number of esters is 1. The number of alkyl halides is 2. The summed E-state index contributed by atoms with van der Waals surface area (Å²) in [7, 11) is 0.